The molecule has 0 bridgehead atoms. The first-order chi connectivity index (χ1) is 19.2. The first-order valence-corrected chi connectivity index (χ1v) is 12.2. The van der Waals surface area contributed by atoms with Crippen LogP contribution >= 0.6 is 0 Å². The Balaban J connectivity index is 1.29. The summed E-state index contributed by atoms with van der Waals surface area (Å²) < 4.78 is 52.8. The van der Waals surface area contributed by atoms with Gasteiger partial charge in [0, 0.05) is 47.5 Å². The zero-order chi connectivity index (χ0) is 28.3. The summed E-state index contributed by atoms with van der Waals surface area (Å²) in [5.41, 5.74) is 2.70. The Morgan fingerprint density at radius 1 is 0.825 bits per heavy atom. The molecule has 3 aromatic carbocycles. The number of nitrogens with zero attached hydrogens (tertiary/aromatic N) is 1. The quantitative estimate of drug-likeness (QED) is 0.211. The van der Waals surface area contributed by atoms with Gasteiger partial charge in [-0.3, -0.25) is 14.6 Å². The lowest BCUT2D eigenvalue weighted by Gasteiger charge is -2.11. The summed E-state index contributed by atoms with van der Waals surface area (Å²) in [5, 5.41) is 6.15. The van der Waals surface area contributed by atoms with E-state index in [1.807, 2.05) is 30.3 Å². The number of benzene rings is 3. The molecule has 0 aliphatic heterocycles. The largest absolute Gasteiger partial charge is 0.416 e. The van der Waals surface area contributed by atoms with Gasteiger partial charge in [-0.05, 0) is 71.3 Å². The highest BCUT2D eigenvalue weighted by molar-refractivity contribution is 6.03. The fourth-order valence-corrected chi connectivity index (χ4v) is 4.27. The maximum absolute atomic E-state index is 14.0. The van der Waals surface area contributed by atoms with Crippen molar-refractivity contribution in [3.63, 3.8) is 0 Å². The molecule has 5 aromatic rings. The lowest BCUT2D eigenvalue weighted by molar-refractivity contribution is -0.137. The van der Waals surface area contributed by atoms with Crippen LogP contribution in [-0.4, -0.2) is 21.8 Å². The number of aromatic nitrogens is 2. The average Bonchev–Trinajstić information content (AvgIpc) is 3.40. The van der Waals surface area contributed by atoms with Crippen molar-refractivity contribution in [2.24, 2.45) is 0 Å². The topological polar surface area (TPSA) is 86.9 Å². The Morgan fingerprint density at radius 3 is 2.27 bits per heavy atom. The van der Waals surface area contributed by atoms with Crippen LogP contribution in [0.4, 0.5) is 17.6 Å². The molecule has 0 unspecified atom stereocenters. The second kappa shape index (κ2) is 11.0. The van der Waals surface area contributed by atoms with Gasteiger partial charge in [-0.25, -0.2) is 4.39 Å². The molecule has 0 fully saturated rings. The van der Waals surface area contributed by atoms with Crippen molar-refractivity contribution in [3.05, 3.63) is 125 Å². The molecule has 0 spiro atoms. The first-order valence-electron chi connectivity index (χ1n) is 12.2. The van der Waals surface area contributed by atoms with Crippen LogP contribution in [0, 0.1) is 5.82 Å². The van der Waals surface area contributed by atoms with Crippen molar-refractivity contribution in [2.75, 3.05) is 0 Å². The summed E-state index contributed by atoms with van der Waals surface area (Å²) >= 11 is 0. The minimum absolute atomic E-state index is 0.258. The second-order valence-corrected chi connectivity index (χ2v) is 9.05. The van der Waals surface area contributed by atoms with Gasteiger partial charge >= 0.3 is 6.18 Å². The molecule has 40 heavy (non-hydrogen) atoms. The highest BCUT2D eigenvalue weighted by Gasteiger charge is 2.31. The zero-order valence-electron chi connectivity index (χ0n) is 20.9. The number of rotatable bonds is 7. The third-order valence-corrected chi connectivity index (χ3v) is 6.38. The summed E-state index contributed by atoms with van der Waals surface area (Å²) in [4.78, 5) is 32.4. The molecule has 6 nitrogen and oxygen atoms in total. The normalized spacial score (nSPS) is 11.4. The van der Waals surface area contributed by atoms with Gasteiger partial charge < -0.3 is 15.6 Å². The minimum Gasteiger partial charge on any atom is -0.351 e. The molecule has 2 amide bonds. The Kier molecular flexibility index (Phi) is 7.33. The molecule has 5 rings (SSSR count). The molecule has 202 valence electrons. The third kappa shape index (κ3) is 5.85. The van der Waals surface area contributed by atoms with Gasteiger partial charge in [0.2, 0.25) is 0 Å². The summed E-state index contributed by atoms with van der Waals surface area (Å²) in [7, 11) is 0. The van der Waals surface area contributed by atoms with Crippen LogP contribution < -0.4 is 10.6 Å². The van der Waals surface area contributed by atoms with Gasteiger partial charge in [0.05, 0.1) is 5.56 Å². The van der Waals surface area contributed by atoms with Crippen LogP contribution in [0.2, 0.25) is 0 Å². The predicted molar refractivity (Wildman–Crippen MR) is 142 cm³/mol. The van der Waals surface area contributed by atoms with Gasteiger partial charge in [-0.2, -0.15) is 13.2 Å². The van der Waals surface area contributed by atoms with E-state index in [1.54, 1.807) is 42.7 Å². The Bertz CT molecular complexity index is 1680. The molecule has 2 heterocycles. The van der Waals surface area contributed by atoms with E-state index in [4.69, 9.17) is 0 Å². The summed E-state index contributed by atoms with van der Waals surface area (Å²) in [6, 6.07) is 19.6. The molecule has 0 saturated carbocycles. The molecular formula is C30H22F4N4O2. The van der Waals surface area contributed by atoms with E-state index < -0.39 is 30.0 Å². The lowest BCUT2D eigenvalue weighted by Crippen LogP contribution is -2.23. The van der Waals surface area contributed by atoms with E-state index >= 15 is 0 Å². The number of carbonyl (C=O) groups is 2. The molecule has 10 heteroatoms. The molecule has 0 saturated heterocycles. The van der Waals surface area contributed by atoms with Gasteiger partial charge in [-0.1, -0.05) is 24.3 Å². The Hall–Kier alpha value is -4.99. The van der Waals surface area contributed by atoms with Crippen LogP contribution in [-0.2, 0) is 19.3 Å². The van der Waals surface area contributed by atoms with Crippen molar-refractivity contribution in [2.45, 2.75) is 19.3 Å². The Labute approximate surface area is 226 Å². The van der Waals surface area contributed by atoms with Crippen LogP contribution in [0.1, 0.15) is 37.5 Å². The average molecular weight is 547 g/mol. The molecule has 0 aliphatic rings. The number of hydrogen-bond acceptors (Lipinski definition) is 3. The zero-order valence-corrected chi connectivity index (χ0v) is 20.9. The van der Waals surface area contributed by atoms with E-state index in [1.165, 1.54) is 0 Å². The Morgan fingerprint density at radius 2 is 1.55 bits per heavy atom. The number of pyridine rings is 1. The fourth-order valence-electron chi connectivity index (χ4n) is 4.27. The number of amides is 2. The predicted octanol–water partition coefficient (Wildman–Crippen LogP) is 6.25. The monoisotopic (exact) mass is 546 g/mol. The summed E-state index contributed by atoms with van der Waals surface area (Å²) in [5.74, 6) is -1.66. The molecular weight excluding hydrogens is 524 g/mol. The maximum Gasteiger partial charge on any atom is 0.416 e. The van der Waals surface area contributed by atoms with Crippen molar-refractivity contribution >= 4 is 22.7 Å². The van der Waals surface area contributed by atoms with Crippen molar-refractivity contribution in [1.29, 1.82) is 0 Å². The first kappa shape index (κ1) is 26.6. The number of alkyl halides is 3. The number of nitrogens with one attached hydrogen (secondary N) is 3. The number of hydrogen-bond donors (Lipinski definition) is 3. The number of aromatic amines is 1. The van der Waals surface area contributed by atoms with E-state index in [9.17, 15) is 27.2 Å². The smallest absolute Gasteiger partial charge is 0.351 e. The number of carbonyl (C=O) groups excluding carboxylic acids is 2. The molecule has 3 N–H and O–H groups in total. The second-order valence-electron chi connectivity index (χ2n) is 9.05. The van der Waals surface area contributed by atoms with Crippen LogP contribution in [0.15, 0.2) is 91.3 Å². The van der Waals surface area contributed by atoms with Gasteiger partial charge in [0.15, 0.2) is 0 Å². The van der Waals surface area contributed by atoms with E-state index in [-0.39, 0.29) is 17.0 Å². The molecule has 0 aliphatic carbocycles. The fraction of sp³-hybridized carbons (Fsp3) is 0.100. The van der Waals surface area contributed by atoms with Crippen molar-refractivity contribution in [1.82, 2.24) is 20.6 Å². The van der Waals surface area contributed by atoms with Gasteiger partial charge in [0.25, 0.3) is 11.8 Å². The number of halogens is 4. The minimum atomic E-state index is -4.62. The molecule has 0 atom stereocenters. The van der Waals surface area contributed by atoms with Crippen LogP contribution in [0.3, 0.4) is 0 Å². The highest BCUT2D eigenvalue weighted by atomic mass is 19.4. The molecule has 2 aromatic heterocycles. The van der Waals surface area contributed by atoms with E-state index in [2.05, 4.69) is 20.6 Å². The van der Waals surface area contributed by atoms with Crippen molar-refractivity contribution in [3.8, 4) is 11.1 Å². The van der Waals surface area contributed by atoms with E-state index in [0.717, 1.165) is 33.7 Å². The number of fused-ring (bicyclic) bond motifs is 1. The number of H-pyrrole nitrogens is 1. The van der Waals surface area contributed by atoms with Crippen LogP contribution in [0.25, 0.3) is 22.0 Å². The summed E-state index contributed by atoms with van der Waals surface area (Å²) in [6.07, 6.45) is -1.31. The maximum atomic E-state index is 14.0. The van der Waals surface area contributed by atoms with Gasteiger partial charge in [-0.15, -0.1) is 0 Å². The van der Waals surface area contributed by atoms with Crippen LogP contribution in [0.5, 0.6) is 0 Å². The van der Waals surface area contributed by atoms with Crippen molar-refractivity contribution < 1.29 is 27.2 Å². The third-order valence-electron chi connectivity index (χ3n) is 6.38. The molecule has 0 radical (unpaired) electrons. The SMILES string of the molecule is O=C(NCc1cc(C(F)(F)F)ccc1F)c1ccc(-c2cccc3[nH]c(C(=O)NCc4ccncc4)cc23)cc1. The summed E-state index contributed by atoms with van der Waals surface area (Å²) in [6.45, 7) is -0.0431. The lowest BCUT2D eigenvalue weighted by atomic mass is 10.00. The van der Waals surface area contributed by atoms with Gasteiger partial charge in [0.1, 0.15) is 11.5 Å². The van der Waals surface area contributed by atoms with E-state index in [0.29, 0.717) is 24.4 Å². The standard InChI is InChI=1S/C30H22F4N4O2/c31-25-9-8-22(30(32,33)34)14-21(25)17-37-28(39)20-6-4-19(5-7-20)23-2-1-3-26-24(23)15-27(38-26)29(40)36-16-18-10-12-35-13-11-18/h1-15,38H,16-17H2,(H,36,40)(H,37,39). The highest BCUT2D eigenvalue weighted by Crippen LogP contribution is 2.31.